The van der Waals surface area contributed by atoms with E-state index in [1.54, 1.807) is 0 Å². The van der Waals surface area contributed by atoms with Crippen LogP contribution < -0.4 is 0 Å². The van der Waals surface area contributed by atoms with Gasteiger partial charge in [0.2, 0.25) is 0 Å². The van der Waals surface area contributed by atoms with Gasteiger partial charge >= 0.3 is 18.0 Å². The van der Waals surface area contributed by atoms with Crippen LogP contribution in [0.1, 0.15) is 11.4 Å². The lowest BCUT2D eigenvalue weighted by Gasteiger charge is -2.30. The van der Waals surface area contributed by atoms with Gasteiger partial charge in [0.15, 0.2) is 0 Å². The molecule has 0 fully saturated rings. The normalized spacial score (nSPS) is 14.4. The quantitative estimate of drug-likeness (QED) is 0.587. The van der Waals surface area contributed by atoms with Gasteiger partial charge in [-0.05, 0) is 12.1 Å². The maximum absolute atomic E-state index is 13.7. The fraction of sp³-hybridized carbons (Fsp3) is 0.500. The molecule has 0 spiro atoms. The van der Waals surface area contributed by atoms with Crippen LogP contribution >= 0.6 is 0 Å². The van der Waals surface area contributed by atoms with Crippen LogP contribution in [0.2, 0.25) is 0 Å². The van der Waals surface area contributed by atoms with E-state index in [4.69, 9.17) is 0 Å². The molecule has 1 aromatic heterocycles. The number of nitrogens with zero attached hydrogens (tertiary/aromatic N) is 2. The molecule has 0 radical (unpaired) electrons. The number of aliphatic imine (C=N–C) groups is 1. The van der Waals surface area contributed by atoms with E-state index in [0.717, 1.165) is 19.3 Å². The molecule has 0 aliphatic rings. The van der Waals surface area contributed by atoms with Crippen LogP contribution in [-0.2, 0) is 12.7 Å². The second kappa shape index (κ2) is 4.53. The Kier molecular flexibility index (Phi) is 3.70. The van der Waals surface area contributed by atoms with Crippen LogP contribution in [0, 0.1) is 0 Å². The summed E-state index contributed by atoms with van der Waals surface area (Å²) in [4.78, 5) is 3.46. The summed E-state index contributed by atoms with van der Waals surface area (Å²) in [6.45, 7) is 0. The average Bonchev–Trinajstić information content (AvgIpc) is 2.57. The SMILES string of the molecule is CN=Cc1ccc(C(F)(C(F)(F)F)C(F)(F)F)n1C. The maximum Gasteiger partial charge on any atom is 0.437 e. The van der Waals surface area contributed by atoms with Crippen molar-refractivity contribution in [1.29, 1.82) is 0 Å². The smallest absolute Gasteiger partial charge is 0.344 e. The van der Waals surface area contributed by atoms with Crippen molar-refractivity contribution in [2.45, 2.75) is 18.0 Å². The average molecular weight is 290 g/mol. The van der Waals surface area contributed by atoms with E-state index in [0.29, 0.717) is 10.6 Å². The zero-order valence-electron chi connectivity index (χ0n) is 9.77. The predicted octanol–water partition coefficient (Wildman–Crippen LogP) is 3.36. The van der Waals surface area contributed by atoms with Gasteiger partial charge in [-0.3, -0.25) is 4.99 Å². The molecular formula is C10H9F7N2. The summed E-state index contributed by atoms with van der Waals surface area (Å²) in [5, 5.41) is 0. The van der Waals surface area contributed by atoms with Crippen molar-refractivity contribution in [2.24, 2.45) is 12.0 Å². The predicted molar refractivity (Wildman–Crippen MR) is 53.8 cm³/mol. The molecule has 1 heterocycles. The molecule has 0 N–H and O–H groups in total. The minimum absolute atomic E-state index is 0.0759. The Morgan fingerprint density at radius 2 is 1.47 bits per heavy atom. The molecule has 19 heavy (non-hydrogen) atoms. The third-order valence-corrected chi connectivity index (χ3v) is 2.56. The van der Waals surface area contributed by atoms with Gasteiger partial charge in [-0.1, -0.05) is 0 Å². The molecule has 0 amide bonds. The zero-order chi connectivity index (χ0) is 15.1. The monoisotopic (exact) mass is 290 g/mol. The first kappa shape index (κ1) is 15.5. The van der Waals surface area contributed by atoms with Crippen LogP contribution in [-0.4, -0.2) is 30.2 Å². The lowest BCUT2D eigenvalue weighted by Crippen LogP contribution is -2.51. The number of hydrogen-bond donors (Lipinski definition) is 0. The van der Waals surface area contributed by atoms with Crippen molar-refractivity contribution in [3.8, 4) is 0 Å². The second-order valence-electron chi connectivity index (χ2n) is 3.74. The van der Waals surface area contributed by atoms with E-state index < -0.39 is 23.7 Å². The van der Waals surface area contributed by atoms with E-state index in [1.165, 1.54) is 7.05 Å². The van der Waals surface area contributed by atoms with Crippen molar-refractivity contribution < 1.29 is 30.7 Å². The van der Waals surface area contributed by atoms with Crippen LogP contribution in [0.4, 0.5) is 30.7 Å². The molecule has 0 unspecified atom stereocenters. The second-order valence-corrected chi connectivity index (χ2v) is 3.74. The van der Waals surface area contributed by atoms with Crippen molar-refractivity contribution >= 4 is 6.21 Å². The van der Waals surface area contributed by atoms with Gasteiger partial charge in [-0.15, -0.1) is 0 Å². The van der Waals surface area contributed by atoms with Gasteiger partial charge in [0.1, 0.15) is 0 Å². The molecule has 0 saturated heterocycles. The third-order valence-electron chi connectivity index (χ3n) is 2.56. The highest BCUT2D eigenvalue weighted by Gasteiger charge is 2.74. The van der Waals surface area contributed by atoms with E-state index in [1.807, 2.05) is 0 Å². The van der Waals surface area contributed by atoms with E-state index in [-0.39, 0.29) is 5.69 Å². The highest BCUT2D eigenvalue weighted by molar-refractivity contribution is 5.77. The molecule has 0 aliphatic carbocycles. The van der Waals surface area contributed by atoms with Crippen molar-refractivity contribution in [3.05, 3.63) is 23.5 Å². The summed E-state index contributed by atoms with van der Waals surface area (Å²) < 4.78 is 89.3. The molecule has 0 aromatic carbocycles. The van der Waals surface area contributed by atoms with Crippen LogP contribution in [0.25, 0.3) is 0 Å². The number of hydrogen-bond acceptors (Lipinski definition) is 1. The summed E-state index contributed by atoms with van der Waals surface area (Å²) in [6, 6.07) is 1.37. The Hall–Kier alpha value is -1.54. The summed E-state index contributed by atoms with van der Waals surface area (Å²) in [5.41, 5.74) is -7.04. The van der Waals surface area contributed by atoms with Crippen molar-refractivity contribution in [1.82, 2.24) is 4.57 Å². The molecule has 0 aliphatic heterocycles. The molecule has 0 saturated carbocycles. The van der Waals surface area contributed by atoms with E-state index in [9.17, 15) is 30.7 Å². The fourth-order valence-corrected chi connectivity index (χ4v) is 1.59. The highest BCUT2D eigenvalue weighted by atomic mass is 19.4. The lowest BCUT2D eigenvalue weighted by atomic mass is 10.0. The Morgan fingerprint density at radius 1 is 1.00 bits per heavy atom. The molecule has 0 bridgehead atoms. The Bertz CT molecular complexity index is 467. The van der Waals surface area contributed by atoms with Gasteiger partial charge in [0, 0.05) is 20.3 Å². The van der Waals surface area contributed by atoms with Crippen LogP contribution in [0.3, 0.4) is 0 Å². The number of rotatable bonds is 2. The Balaban J connectivity index is 3.53. The number of halogens is 7. The first-order valence-corrected chi connectivity index (χ1v) is 4.87. The first-order chi connectivity index (χ1) is 8.46. The summed E-state index contributed by atoms with van der Waals surface area (Å²) >= 11 is 0. The summed E-state index contributed by atoms with van der Waals surface area (Å²) in [5.74, 6) is 0. The molecule has 1 aromatic rings. The van der Waals surface area contributed by atoms with Gasteiger partial charge in [-0.2, -0.15) is 26.3 Å². The zero-order valence-corrected chi connectivity index (χ0v) is 9.77. The van der Waals surface area contributed by atoms with E-state index in [2.05, 4.69) is 4.99 Å². The largest absolute Gasteiger partial charge is 0.437 e. The van der Waals surface area contributed by atoms with Gasteiger partial charge in [-0.25, -0.2) is 4.39 Å². The molecular weight excluding hydrogens is 281 g/mol. The molecule has 108 valence electrons. The topological polar surface area (TPSA) is 17.3 Å². The third kappa shape index (κ3) is 2.33. The number of alkyl halides is 7. The highest BCUT2D eigenvalue weighted by Crippen LogP contribution is 2.53. The Morgan fingerprint density at radius 3 is 1.84 bits per heavy atom. The maximum atomic E-state index is 13.7. The van der Waals surface area contributed by atoms with Crippen LogP contribution in [0.15, 0.2) is 17.1 Å². The standard InChI is InChI=1S/C10H9F7N2/c1-18-5-6-3-4-7(19(6)2)8(11,9(12,13)14)10(15,16)17/h3-5H,1-2H3. The summed E-state index contributed by atoms with van der Waals surface area (Å²) in [7, 11) is 2.18. The molecule has 1 rings (SSSR count). The number of aromatic nitrogens is 1. The van der Waals surface area contributed by atoms with Gasteiger partial charge in [0.05, 0.1) is 11.4 Å². The minimum atomic E-state index is -6.11. The van der Waals surface area contributed by atoms with E-state index >= 15 is 0 Å². The minimum Gasteiger partial charge on any atom is -0.344 e. The van der Waals surface area contributed by atoms with Crippen LogP contribution in [0.5, 0.6) is 0 Å². The molecule has 2 nitrogen and oxygen atoms in total. The Labute approximate surface area is 103 Å². The van der Waals surface area contributed by atoms with Crippen molar-refractivity contribution in [3.63, 3.8) is 0 Å². The molecule has 9 heteroatoms. The van der Waals surface area contributed by atoms with Gasteiger partial charge in [0.25, 0.3) is 0 Å². The summed E-state index contributed by atoms with van der Waals surface area (Å²) in [6.07, 6.45) is -11.2. The van der Waals surface area contributed by atoms with Crippen molar-refractivity contribution in [2.75, 3.05) is 7.05 Å². The lowest BCUT2D eigenvalue weighted by molar-refractivity contribution is -0.350. The first-order valence-electron chi connectivity index (χ1n) is 4.87. The van der Waals surface area contributed by atoms with Gasteiger partial charge < -0.3 is 4.57 Å². The fourth-order valence-electron chi connectivity index (χ4n) is 1.59. The molecule has 0 atom stereocenters.